The van der Waals surface area contributed by atoms with Crippen LogP contribution in [0, 0.1) is 0 Å². The van der Waals surface area contributed by atoms with Gasteiger partial charge in [-0.1, -0.05) is 6.58 Å². The monoisotopic (exact) mass is 154 g/mol. The van der Waals surface area contributed by atoms with Crippen LogP contribution < -0.4 is 16.7 Å². The molecule has 0 aliphatic rings. The van der Waals surface area contributed by atoms with Gasteiger partial charge in [-0.15, -0.1) is 0 Å². The minimum absolute atomic E-state index is 0.0775. The molecule has 0 saturated heterocycles. The molecule has 0 amide bonds. The lowest BCUT2D eigenvalue weighted by molar-refractivity contribution is 0.942. The highest BCUT2D eigenvalue weighted by Gasteiger charge is 1.92. The van der Waals surface area contributed by atoms with Gasteiger partial charge < -0.3 is 5.32 Å². The van der Waals surface area contributed by atoms with Crippen molar-refractivity contribution in [1.29, 1.82) is 0 Å². The third-order valence-corrected chi connectivity index (χ3v) is 0.905. The topological polar surface area (TPSA) is 90.6 Å². The number of rotatable bonds is 2. The summed E-state index contributed by atoms with van der Waals surface area (Å²) in [6, 6.07) is 0. The first-order valence-corrected chi connectivity index (χ1v) is 2.80. The molecule has 0 aliphatic heterocycles. The van der Waals surface area contributed by atoms with Gasteiger partial charge in [-0.2, -0.15) is 4.98 Å². The Kier molecular flexibility index (Phi) is 1.86. The van der Waals surface area contributed by atoms with Gasteiger partial charge in [0.25, 0.3) is 0 Å². The van der Waals surface area contributed by atoms with Crippen molar-refractivity contribution in [1.82, 2.24) is 15.0 Å². The van der Waals surface area contributed by atoms with E-state index in [0.717, 1.165) is 0 Å². The normalized spacial score (nSPS) is 9.09. The van der Waals surface area contributed by atoms with E-state index in [1.807, 2.05) is 4.98 Å². The second-order valence-corrected chi connectivity index (χ2v) is 1.69. The van der Waals surface area contributed by atoms with E-state index in [1.54, 1.807) is 0 Å². The van der Waals surface area contributed by atoms with Crippen molar-refractivity contribution in [3.8, 4) is 0 Å². The number of nitrogens with one attached hydrogen (secondary N) is 3. The summed E-state index contributed by atoms with van der Waals surface area (Å²) in [6.07, 6.45) is 1.30. The second-order valence-electron chi connectivity index (χ2n) is 1.69. The third kappa shape index (κ3) is 1.78. The molecule has 0 radical (unpaired) electrons. The zero-order valence-electron chi connectivity index (χ0n) is 5.55. The van der Waals surface area contributed by atoms with Crippen LogP contribution in [0.25, 0.3) is 0 Å². The van der Waals surface area contributed by atoms with Gasteiger partial charge in [0, 0.05) is 0 Å². The SMILES string of the molecule is C=CNc1nc(=O)[nH]c(=O)[nH]1. The molecular formula is C5H6N4O2. The van der Waals surface area contributed by atoms with Crippen LogP contribution in [-0.2, 0) is 0 Å². The van der Waals surface area contributed by atoms with Gasteiger partial charge in [0.2, 0.25) is 5.95 Å². The summed E-state index contributed by atoms with van der Waals surface area (Å²) in [6.45, 7) is 3.33. The molecule has 0 fully saturated rings. The van der Waals surface area contributed by atoms with Crippen molar-refractivity contribution >= 4 is 5.95 Å². The van der Waals surface area contributed by atoms with Crippen molar-refractivity contribution in [2.24, 2.45) is 0 Å². The number of hydrogen-bond donors (Lipinski definition) is 3. The van der Waals surface area contributed by atoms with Crippen molar-refractivity contribution in [3.63, 3.8) is 0 Å². The van der Waals surface area contributed by atoms with Crippen LogP contribution in [0.15, 0.2) is 22.4 Å². The molecule has 3 N–H and O–H groups in total. The Bertz CT molecular complexity index is 335. The Morgan fingerprint density at radius 1 is 1.45 bits per heavy atom. The van der Waals surface area contributed by atoms with Crippen LogP contribution in [-0.4, -0.2) is 15.0 Å². The van der Waals surface area contributed by atoms with Crippen molar-refractivity contribution in [3.05, 3.63) is 33.7 Å². The van der Waals surface area contributed by atoms with Gasteiger partial charge in [0.1, 0.15) is 0 Å². The minimum Gasteiger partial charge on any atom is -0.333 e. The van der Waals surface area contributed by atoms with Crippen LogP contribution >= 0.6 is 0 Å². The Balaban J connectivity index is 3.18. The number of aromatic nitrogens is 3. The lowest BCUT2D eigenvalue weighted by Crippen LogP contribution is -2.25. The van der Waals surface area contributed by atoms with Gasteiger partial charge in [-0.3, -0.25) is 9.97 Å². The van der Waals surface area contributed by atoms with E-state index in [1.165, 1.54) is 6.20 Å². The van der Waals surface area contributed by atoms with Crippen LogP contribution in [0.5, 0.6) is 0 Å². The Hall–Kier alpha value is -1.85. The number of aromatic amines is 2. The summed E-state index contributed by atoms with van der Waals surface area (Å²) in [5.41, 5.74) is -1.30. The first kappa shape index (κ1) is 7.26. The maximum absolute atomic E-state index is 10.6. The zero-order chi connectivity index (χ0) is 8.27. The Labute approximate surface area is 61.0 Å². The fourth-order valence-electron chi connectivity index (χ4n) is 0.558. The minimum atomic E-state index is -0.696. The molecule has 6 nitrogen and oxygen atoms in total. The largest absolute Gasteiger partial charge is 0.352 e. The third-order valence-electron chi connectivity index (χ3n) is 0.905. The zero-order valence-corrected chi connectivity index (χ0v) is 5.55. The maximum Gasteiger partial charge on any atom is 0.352 e. The van der Waals surface area contributed by atoms with Gasteiger partial charge in [0.05, 0.1) is 0 Å². The molecule has 0 atom stereocenters. The summed E-state index contributed by atoms with van der Waals surface area (Å²) in [5.74, 6) is 0.0775. The van der Waals surface area contributed by atoms with E-state index in [9.17, 15) is 9.59 Å². The Morgan fingerprint density at radius 3 is 2.73 bits per heavy atom. The number of nitrogens with zero attached hydrogens (tertiary/aromatic N) is 1. The van der Waals surface area contributed by atoms with Crippen LogP contribution in [0.4, 0.5) is 5.95 Å². The van der Waals surface area contributed by atoms with E-state index in [4.69, 9.17) is 0 Å². The summed E-state index contributed by atoms with van der Waals surface area (Å²) in [7, 11) is 0. The number of hydrogen-bond acceptors (Lipinski definition) is 4. The van der Waals surface area contributed by atoms with Crippen LogP contribution in [0.1, 0.15) is 0 Å². The first-order valence-electron chi connectivity index (χ1n) is 2.80. The average molecular weight is 154 g/mol. The van der Waals surface area contributed by atoms with Gasteiger partial charge in [-0.05, 0) is 6.20 Å². The van der Waals surface area contributed by atoms with E-state index >= 15 is 0 Å². The lowest BCUT2D eigenvalue weighted by Gasteiger charge is -1.94. The van der Waals surface area contributed by atoms with Gasteiger partial charge in [0.15, 0.2) is 0 Å². The summed E-state index contributed by atoms with van der Waals surface area (Å²) >= 11 is 0. The maximum atomic E-state index is 10.6. The molecule has 1 aromatic heterocycles. The van der Waals surface area contributed by atoms with E-state index in [0.29, 0.717) is 0 Å². The number of anilines is 1. The highest BCUT2D eigenvalue weighted by Crippen LogP contribution is 1.84. The predicted octanol–water partition coefficient (Wildman–Crippen LogP) is -0.986. The second kappa shape index (κ2) is 2.82. The molecule has 11 heavy (non-hydrogen) atoms. The molecule has 0 bridgehead atoms. The summed E-state index contributed by atoms with van der Waals surface area (Å²) in [4.78, 5) is 28.6. The molecule has 0 unspecified atom stereocenters. The number of H-pyrrole nitrogens is 2. The molecule has 1 aromatic rings. The molecule has 58 valence electrons. The lowest BCUT2D eigenvalue weighted by atomic mass is 10.8. The molecule has 6 heteroatoms. The highest BCUT2D eigenvalue weighted by molar-refractivity contribution is 5.24. The average Bonchev–Trinajstić information content (AvgIpc) is 1.85. The van der Waals surface area contributed by atoms with Crippen molar-refractivity contribution < 1.29 is 0 Å². The van der Waals surface area contributed by atoms with E-state index < -0.39 is 11.4 Å². The van der Waals surface area contributed by atoms with E-state index in [-0.39, 0.29) is 5.95 Å². The molecule has 1 heterocycles. The quantitative estimate of drug-likeness (QED) is 0.510. The smallest absolute Gasteiger partial charge is 0.333 e. The molecule has 0 spiro atoms. The molecule has 0 saturated carbocycles. The highest BCUT2D eigenvalue weighted by atomic mass is 16.2. The van der Waals surface area contributed by atoms with Crippen LogP contribution in [0.3, 0.4) is 0 Å². The fourth-order valence-corrected chi connectivity index (χ4v) is 0.558. The molecule has 0 aliphatic carbocycles. The van der Waals surface area contributed by atoms with E-state index in [2.05, 4.69) is 21.9 Å². The van der Waals surface area contributed by atoms with Crippen molar-refractivity contribution in [2.45, 2.75) is 0 Å². The van der Waals surface area contributed by atoms with Crippen LogP contribution in [0.2, 0.25) is 0 Å². The molecule has 1 rings (SSSR count). The Morgan fingerprint density at radius 2 is 2.18 bits per heavy atom. The van der Waals surface area contributed by atoms with Crippen molar-refractivity contribution in [2.75, 3.05) is 5.32 Å². The standard InChI is InChI=1S/C5H6N4O2/c1-2-6-3-7-4(10)9-5(11)8-3/h2H,1H2,(H3,6,7,8,9,10,11). The predicted molar refractivity (Wildman–Crippen MR) is 39.3 cm³/mol. The van der Waals surface area contributed by atoms with Gasteiger partial charge in [-0.25, -0.2) is 9.59 Å². The summed E-state index contributed by atoms with van der Waals surface area (Å²) in [5, 5.41) is 2.47. The summed E-state index contributed by atoms with van der Waals surface area (Å²) < 4.78 is 0. The fraction of sp³-hybridized carbons (Fsp3) is 0. The molecule has 0 aromatic carbocycles. The first-order chi connectivity index (χ1) is 5.22. The van der Waals surface area contributed by atoms with Gasteiger partial charge >= 0.3 is 11.4 Å². The molecular weight excluding hydrogens is 148 g/mol.